The lowest BCUT2D eigenvalue weighted by Gasteiger charge is -2.23. The molecule has 32 heavy (non-hydrogen) atoms. The topological polar surface area (TPSA) is 105 Å². The van der Waals surface area contributed by atoms with Crippen LogP contribution < -0.4 is 10.2 Å². The second kappa shape index (κ2) is 9.03. The van der Waals surface area contributed by atoms with Gasteiger partial charge < -0.3 is 5.32 Å². The number of aryl methyl sites for hydroxylation is 2. The molecule has 9 nitrogen and oxygen atoms in total. The summed E-state index contributed by atoms with van der Waals surface area (Å²) in [5.74, 6) is -0.552. The van der Waals surface area contributed by atoms with Gasteiger partial charge in [0.15, 0.2) is 0 Å². The van der Waals surface area contributed by atoms with E-state index < -0.39 is 16.1 Å². The van der Waals surface area contributed by atoms with E-state index in [4.69, 9.17) is 0 Å². The van der Waals surface area contributed by atoms with E-state index in [1.54, 1.807) is 30.7 Å². The third-order valence-corrected chi connectivity index (χ3v) is 8.16. The van der Waals surface area contributed by atoms with E-state index in [1.807, 2.05) is 20.9 Å². The SMILES string of the molecule is CCN(CC)S(=O)(=O)c1ccc2c(c1)CC(C(=O)NCc1c(C)nn(C)c1C)N2C(C)=O. The average molecular weight is 462 g/mol. The molecule has 174 valence electrons. The van der Waals surface area contributed by atoms with Gasteiger partial charge in [-0.15, -0.1) is 0 Å². The normalized spacial score (nSPS) is 15.8. The zero-order chi connectivity index (χ0) is 23.8. The highest BCUT2D eigenvalue weighted by Crippen LogP contribution is 2.35. The number of anilines is 1. The lowest BCUT2D eigenvalue weighted by atomic mass is 10.1. The Morgan fingerprint density at radius 2 is 1.88 bits per heavy atom. The molecule has 10 heteroatoms. The monoisotopic (exact) mass is 461 g/mol. The fraction of sp³-hybridized carbons (Fsp3) is 0.500. The van der Waals surface area contributed by atoms with Gasteiger partial charge in [0.2, 0.25) is 21.8 Å². The summed E-state index contributed by atoms with van der Waals surface area (Å²) in [7, 11) is -1.78. The number of nitrogens with zero attached hydrogens (tertiary/aromatic N) is 4. The standard InChI is InChI=1S/C22H31N5O4S/c1-7-26(8-2)32(30,31)18-9-10-20-17(11-18)12-21(27(20)16(5)28)22(29)23-13-19-14(3)24-25(6)15(19)4/h9-11,21H,7-8,12-13H2,1-6H3,(H,23,29). The zero-order valence-corrected chi connectivity index (χ0v) is 20.3. The first-order valence-corrected chi connectivity index (χ1v) is 12.2. The van der Waals surface area contributed by atoms with Crippen molar-refractivity contribution in [2.75, 3.05) is 18.0 Å². The number of sulfonamides is 1. The van der Waals surface area contributed by atoms with Gasteiger partial charge in [-0.05, 0) is 37.6 Å². The first-order valence-electron chi connectivity index (χ1n) is 10.7. The summed E-state index contributed by atoms with van der Waals surface area (Å²) in [5.41, 5.74) is 3.99. The second-order valence-electron chi connectivity index (χ2n) is 7.98. The predicted molar refractivity (Wildman–Crippen MR) is 122 cm³/mol. The van der Waals surface area contributed by atoms with Gasteiger partial charge in [0, 0.05) is 57.0 Å². The van der Waals surface area contributed by atoms with E-state index in [9.17, 15) is 18.0 Å². The Morgan fingerprint density at radius 3 is 2.41 bits per heavy atom. The van der Waals surface area contributed by atoms with Crippen LogP contribution in [-0.2, 0) is 39.6 Å². The molecule has 2 amide bonds. The number of hydrogen-bond acceptors (Lipinski definition) is 5. The molecule has 1 unspecified atom stereocenters. The van der Waals surface area contributed by atoms with Crippen molar-refractivity contribution in [1.29, 1.82) is 0 Å². The number of aromatic nitrogens is 2. The van der Waals surface area contributed by atoms with E-state index in [1.165, 1.54) is 22.2 Å². The molecule has 2 heterocycles. The molecule has 1 N–H and O–H groups in total. The molecule has 1 aliphatic heterocycles. The number of benzene rings is 1. The quantitative estimate of drug-likeness (QED) is 0.675. The van der Waals surface area contributed by atoms with Gasteiger partial charge in [-0.2, -0.15) is 9.40 Å². The molecule has 2 aromatic rings. The van der Waals surface area contributed by atoms with E-state index in [0.717, 1.165) is 17.0 Å². The summed E-state index contributed by atoms with van der Waals surface area (Å²) < 4.78 is 29.0. The summed E-state index contributed by atoms with van der Waals surface area (Å²) in [4.78, 5) is 27.1. The molecule has 1 aliphatic rings. The maximum Gasteiger partial charge on any atom is 0.243 e. The van der Waals surface area contributed by atoms with Gasteiger partial charge in [-0.25, -0.2) is 8.42 Å². The van der Waals surface area contributed by atoms with Crippen molar-refractivity contribution < 1.29 is 18.0 Å². The number of carbonyl (C=O) groups is 2. The molecule has 0 saturated heterocycles. The highest BCUT2D eigenvalue weighted by atomic mass is 32.2. The lowest BCUT2D eigenvalue weighted by Crippen LogP contribution is -2.47. The smallest absolute Gasteiger partial charge is 0.243 e. The van der Waals surface area contributed by atoms with Crippen molar-refractivity contribution in [2.45, 2.75) is 58.5 Å². The molecule has 0 aliphatic carbocycles. The van der Waals surface area contributed by atoms with Gasteiger partial charge in [-0.1, -0.05) is 13.8 Å². The van der Waals surface area contributed by atoms with Crippen molar-refractivity contribution in [3.63, 3.8) is 0 Å². The van der Waals surface area contributed by atoms with E-state index in [2.05, 4.69) is 10.4 Å². The largest absolute Gasteiger partial charge is 0.350 e. The number of rotatable bonds is 7. The van der Waals surface area contributed by atoms with Crippen LogP contribution in [0, 0.1) is 13.8 Å². The van der Waals surface area contributed by atoms with Crippen LogP contribution >= 0.6 is 0 Å². The van der Waals surface area contributed by atoms with E-state index in [0.29, 0.717) is 30.9 Å². The lowest BCUT2D eigenvalue weighted by molar-refractivity contribution is -0.125. The summed E-state index contributed by atoms with van der Waals surface area (Å²) in [5, 5.41) is 7.29. The van der Waals surface area contributed by atoms with Gasteiger partial charge in [0.05, 0.1) is 10.6 Å². The van der Waals surface area contributed by atoms with Crippen LogP contribution in [0.15, 0.2) is 23.1 Å². The van der Waals surface area contributed by atoms with E-state index in [-0.39, 0.29) is 23.1 Å². The van der Waals surface area contributed by atoms with Gasteiger partial charge in [0.25, 0.3) is 0 Å². The fourth-order valence-electron chi connectivity index (χ4n) is 4.27. The fourth-order valence-corrected chi connectivity index (χ4v) is 5.78. The van der Waals surface area contributed by atoms with Gasteiger partial charge >= 0.3 is 0 Å². The Kier molecular flexibility index (Phi) is 6.75. The molecule has 1 aromatic heterocycles. The number of hydrogen-bond donors (Lipinski definition) is 1. The summed E-state index contributed by atoms with van der Waals surface area (Å²) in [6.07, 6.45) is 0.257. The minimum Gasteiger partial charge on any atom is -0.350 e. The summed E-state index contributed by atoms with van der Waals surface area (Å²) in [6.45, 7) is 9.86. The molecule has 0 bridgehead atoms. The van der Waals surface area contributed by atoms with Crippen LogP contribution in [0.1, 0.15) is 43.3 Å². The predicted octanol–water partition coefficient (Wildman–Crippen LogP) is 1.66. The molecular weight excluding hydrogens is 430 g/mol. The number of carbonyl (C=O) groups excluding carboxylic acids is 2. The molecule has 0 radical (unpaired) electrons. The number of fused-ring (bicyclic) bond motifs is 1. The van der Waals surface area contributed by atoms with Gasteiger partial charge in [0.1, 0.15) is 6.04 Å². The molecule has 0 fully saturated rings. The first kappa shape index (κ1) is 23.9. The average Bonchev–Trinajstić information content (AvgIpc) is 3.23. The van der Waals surface area contributed by atoms with Crippen molar-refractivity contribution in [2.24, 2.45) is 7.05 Å². The molecule has 3 rings (SSSR count). The maximum atomic E-state index is 13.1. The van der Waals surface area contributed by atoms with Crippen LogP contribution in [0.25, 0.3) is 0 Å². The van der Waals surface area contributed by atoms with Crippen molar-refractivity contribution in [3.8, 4) is 0 Å². The Morgan fingerprint density at radius 1 is 1.22 bits per heavy atom. The first-order chi connectivity index (χ1) is 15.0. The maximum absolute atomic E-state index is 13.1. The Labute approximate surface area is 189 Å². The van der Waals surface area contributed by atoms with Crippen LogP contribution in [0.5, 0.6) is 0 Å². The number of nitrogens with one attached hydrogen (secondary N) is 1. The molecule has 1 atom stereocenters. The highest BCUT2D eigenvalue weighted by molar-refractivity contribution is 7.89. The Balaban J connectivity index is 1.86. The van der Waals surface area contributed by atoms with Crippen LogP contribution in [0.2, 0.25) is 0 Å². The molecular formula is C22H31N5O4S. The molecule has 1 aromatic carbocycles. The summed E-state index contributed by atoms with van der Waals surface area (Å²) in [6, 6.07) is 3.98. The Bertz CT molecular complexity index is 1150. The minimum absolute atomic E-state index is 0.172. The third kappa shape index (κ3) is 4.16. The van der Waals surface area contributed by atoms with E-state index >= 15 is 0 Å². The highest BCUT2D eigenvalue weighted by Gasteiger charge is 2.38. The third-order valence-electron chi connectivity index (χ3n) is 6.12. The second-order valence-corrected chi connectivity index (χ2v) is 9.92. The number of amides is 2. The zero-order valence-electron chi connectivity index (χ0n) is 19.5. The van der Waals surface area contributed by atoms with Crippen LogP contribution in [-0.4, -0.2) is 53.4 Å². The molecule has 0 saturated carbocycles. The van der Waals surface area contributed by atoms with Crippen LogP contribution in [0.3, 0.4) is 0 Å². The van der Waals surface area contributed by atoms with Crippen molar-refractivity contribution >= 4 is 27.5 Å². The van der Waals surface area contributed by atoms with Crippen molar-refractivity contribution in [1.82, 2.24) is 19.4 Å². The van der Waals surface area contributed by atoms with Crippen molar-refractivity contribution in [3.05, 3.63) is 40.7 Å². The molecule has 0 spiro atoms. The minimum atomic E-state index is -3.63. The summed E-state index contributed by atoms with van der Waals surface area (Å²) >= 11 is 0. The van der Waals surface area contributed by atoms with Crippen LogP contribution in [0.4, 0.5) is 5.69 Å². The Hall–Kier alpha value is -2.72. The van der Waals surface area contributed by atoms with Gasteiger partial charge in [-0.3, -0.25) is 19.2 Å².